The first kappa shape index (κ1) is 18.5. The molecule has 0 aliphatic carbocycles. The number of amides is 1. The largest absolute Gasteiger partial charge is 0.372 e. The summed E-state index contributed by atoms with van der Waals surface area (Å²) in [5, 5.41) is 15.7. The summed E-state index contributed by atoms with van der Waals surface area (Å²) >= 11 is 0. The van der Waals surface area contributed by atoms with E-state index in [4.69, 9.17) is 0 Å². The van der Waals surface area contributed by atoms with Gasteiger partial charge < -0.3 is 5.11 Å². The van der Waals surface area contributed by atoms with Gasteiger partial charge in [0.2, 0.25) is 0 Å². The average Bonchev–Trinajstić information content (AvgIpc) is 2.75. The highest BCUT2D eigenvalue weighted by molar-refractivity contribution is 6.01. The number of nitrogens with one attached hydrogen (secondary N) is 1. The number of hydrazone groups is 1. The van der Waals surface area contributed by atoms with Gasteiger partial charge in [-0.2, -0.15) is 5.10 Å². The Morgan fingerprint density at radius 2 is 1.30 bits per heavy atom. The van der Waals surface area contributed by atoms with E-state index >= 15 is 0 Å². The fourth-order valence-corrected chi connectivity index (χ4v) is 2.96. The Hall–Kier alpha value is -3.24. The minimum atomic E-state index is -1.83. The van der Waals surface area contributed by atoms with Crippen molar-refractivity contribution in [1.29, 1.82) is 0 Å². The molecule has 0 aliphatic heterocycles. The van der Waals surface area contributed by atoms with Crippen LogP contribution in [0.2, 0.25) is 0 Å². The third-order valence-electron chi connectivity index (χ3n) is 4.45. The Labute approximate surface area is 159 Å². The topological polar surface area (TPSA) is 61.7 Å². The predicted molar refractivity (Wildman–Crippen MR) is 107 cm³/mol. The molecule has 0 aromatic heterocycles. The first-order chi connectivity index (χ1) is 13.2. The van der Waals surface area contributed by atoms with Crippen LogP contribution in [0.1, 0.15) is 30.0 Å². The fourth-order valence-electron chi connectivity index (χ4n) is 2.96. The molecule has 0 unspecified atom stereocenters. The van der Waals surface area contributed by atoms with Crippen molar-refractivity contribution in [3.8, 4) is 0 Å². The Balaban J connectivity index is 1.96. The summed E-state index contributed by atoms with van der Waals surface area (Å²) in [7, 11) is 0. The molecule has 4 heteroatoms. The maximum absolute atomic E-state index is 13.0. The highest BCUT2D eigenvalue weighted by atomic mass is 16.3. The maximum atomic E-state index is 13.0. The van der Waals surface area contributed by atoms with Gasteiger partial charge in [-0.05, 0) is 23.1 Å². The summed E-state index contributed by atoms with van der Waals surface area (Å²) in [6.45, 7) is 1.97. The van der Waals surface area contributed by atoms with E-state index < -0.39 is 11.5 Å². The van der Waals surface area contributed by atoms with Gasteiger partial charge in [-0.3, -0.25) is 4.79 Å². The van der Waals surface area contributed by atoms with Gasteiger partial charge >= 0.3 is 0 Å². The molecular weight excluding hydrogens is 336 g/mol. The average molecular weight is 358 g/mol. The highest BCUT2D eigenvalue weighted by Gasteiger charge is 2.39. The molecule has 0 bridgehead atoms. The van der Waals surface area contributed by atoms with E-state index in [0.29, 0.717) is 17.5 Å². The summed E-state index contributed by atoms with van der Waals surface area (Å²) in [6.07, 6.45) is 0.652. The number of carbonyl (C=O) groups is 1. The van der Waals surface area contributed by atoms with Gasteiger partial charge in [0.05, 0.1) is 5.71 Å². The molecule has 0 radical (unpaired) electrons. The van der Waals surface area contributed by atoms with Crippen molar-refractivity contribution in [2.45, 2.75) is 18.9 Å². The molecule has 4 nitrogen and oxygen atoms in total. The van der Waals surface area contributed by atoms with Crippen LogP contribution in [-0.4, -0.2) is 16.7 Å². The van der Waals surface area contributed by atoms with Gasteiger partial charge in [0.15, 0.2) is 5.60 Å². The van der Waals surface area contributed by atoms with Crippen LogP contribution in [0.15, 0.2) is 96.1 Å². The van der Waals surface area contributed by atoms with Crippen molar-refractivity contribution in [1.82, 2.24) is 5.43 Å². The van der Waals surface area contributed by atoms with Crippen LogP contribution in [0, 0.1) is 0 Å². The lowest BCUT2D eigenvalue weighted by atomic mass is 9.85. The van der Waals surface area contributed by atoms with Gasteiger partial charge in [-0.25, -0.2) is 5.43 Å². The normalized spacial score (nSPS) is 11.9. The molecule has 0 fully saturated rings. The van der Waals surface area contributed by atoms with Gasteiger partial charge in [-0.1, -0.05) is 97.9 Å². The van der Waals surface area contributed by atoms with Crippen LogP contribution in [0.4, 0.5) is 0 Å². The molecule has 0 atom stereocenters. The Morgan fingerprint density at radius 3 is 1.74 bits per heavy atom. The fraction of sp³-hybridized carbons (Fsp3) is 0.130. The van der Waals surface area contributed by atoms with E-state index in [9.17, 15) is 9.90 Å². The van der Waals surface area contributed by atoms with Crippen LogP contribution in [0.25, 0.3) is 0 Å². The van der Waals surface area contributed by atoms with E-state index in [0.717, 1.165) is 11.3 Å². The van der Waals surface area contributed by atoms with Gasteiger partial charge in [0.25, 0.3) is 5.91 Å². The van der Waals surface area contributed by atoms with Crippen molar-refractivity contribution >= 4 is 11.6 Å². The van der Waals surface area contributed by atoms with E-state index in [-0.39, 0.29) is 0 Å². The molecule has 136 valence electrons. The Morgan fingerprint density at radius 1 is 0.852 bits per heavy atom. The summed E-state index contributed by atoms with van der Waals surface area (Å²) in [4.78, 5) is 13.0. The SMILES string of the molecule is CCC(=NNC(=O)C(O)(c1ccccc1)c1ccccc1)c1ccccc1. The number of carbonyl (C=O) groups excluding carboxylic acids is 1. The Bertz CT molecular complexity index is 867. The van der Waals surface area contributed by atoms with Crippen molar-refractivity contribution in [2.24, 2.45) is 5.10 Å². The van der Waals surface area contributed by atoms with Crippen molar-refractivity contribution < 1.29 is 9.90 Å². The monoisotopic (exact) mass is 358 g/mol. The summed E-state index contributed by atoms with van der Waals surface area (Å²) in [6, 6.07) is 27.4. The molecule has 0 heterocycles. The predicted octanol–water partition coefficient (Wildman–Crippen LogP) is 3.85. The number of hydrogen-bond donors (Lipinski definition) is 2. The van der Waals surface area contributed by atoms with Crippen molar-refractivity contribution in [3.63, 3.8) is 0 Å². The lowest BCUT2D eigenvalue weighted by molar-refractivity contribution is -0.136. The molecule has 0 spiro atoms. The van der Waals surface area contributed by atoms with Crippen LogP contribution >= 0.6 is 0 Å². The first-order valence-corrected chi connectivity index (χ1v) is 8.92. The molecule has 0 saturated heterocycles. The molecule has 3 aromatic rings. The molecule has 3 aromatic carbocycles. The second kappa shape index (κ2) is 8.43. The second-order valence-corrected chi connectivity index (χ2v) is 6.16. The quantitative estimate of drug-likeness (QED) is 0.519. The van der Waals surface area contributed by atoms with Crippen LogP contribution in [0.3, 0.4) is 0 Å². The highest BCUT2D eigenvalue weighted by Crippen LogP contribution is 2.29. The first-order valence-electron chi connectivity index (χ1n) is 8.92. The summed E-state index contributed by atoms with van der Waals surface area (Å²) < 4.78 is 0. The molecule has 27 heavy (non-hydrogen) atoms. The third-order valence-corrected chi connectivity index (χ3v) is 4.45. The number of benzene rings is 3. The molecule has 1 amide bonds. The van der Waals surface area contributed by atoms with Crippen LogP contribution < -0.4 is 5.43 Å². The number of aliphatic hydroxyl groups is 1. The number of hydrogen-bond acceptors (Lipinski definition) is 3. The summed E-state index contributed by atoms with van der Waals surface area (Å²) in [5.41, 5.74) is 3.39. The molecular formula is C23H22N2O2. The number of rotatable bonds is 6. The van der Waals surface area contributed by atoms with Crippen molar-refractivity contribution in [2.75, 3.05) is 0 Å². The number of nitrogens with zero attached hydrogens (tertiary/aromatic N) is 1. The Kier molecular flexibility index (Phi) is 5.79. The lowest BCUT2D eigenvalue weighted by Crippen LogP contribution is -2.44. The van der Waals surface area contributed by atoms with Crippen LogP contribution in [0.5, 0.6) is 0 Å². The smallest absolute Gasteiger partial charge is 0.281 e. The van der Waals surface area contributed by atoms with E-state index in [1.165, 1.54) is 0 Å². The molecule has 0 saturated carbocycles. The zero-order valence-electron chi connectivity index (χ0n) is 15.2. The standard InChI is InChI=1S/C23H22N2O2/c1-2-21(18-12-6-3-7-13-18)24-25-22(26)23(27,19-14-8-4-9-15-19)20-16-10-5-11-17-20/h3-17,27H,2H2,1H3,(H,25,26). The lowest BCUT2D eigenvalue weighted by Gasteiger charge is -2.27. The minimum Gasteiger partial charge on any atom is -0.372 e. The zero-order valence-corrected chi connectivity index (χ0v) is 15.2. The minimum absolute atomic E-state index is 0.488. The van der Waals surface area contributed by atoms with Gasteiger partial charge in [0.1, 0.15) is 0 Å². The van der Waals surface area contributed by atoms with Gasteiger partial charge in [0, 0.05) is 0 Å². The van der Waals surface area contributed by atoms with E-state index in [1.807, 2.05) is 49.4 Å². The second-order valence-electron chi connectivity index (χ2n) is 6.16. The summed E-state index contributed by atoms with van der Waals surface area (Å²) in [5.74, 6) is -0.596. The van der Waals surface area contributed by atoms with E-state index in [2.05, 4.69) is 10.5 Å². The van der Waals surface area contributed by atoms with E-state index in [1.54, 1.807) is 48.5 Å². The van der Waals surface area contributed by atoms with Crippen LogP contribution in [-0.2, 0) is 10.4 Å². The van der Waals surface area contributed by atoms with Crippen molar-refractivity contribution in [3.05, 3.63) is 108 Å². The van der Waals surface area contributed by atoms with Gasteiger partial charge in [-0.15, -0.1) is 0 Å². The molecule has 3 rings (SSSR count). The third kappa shape index (κ3) is 3.96. The zero-order chi connectivity index (χ0) is 19.1. The molecule has 0 aliphatic rings. The maximum Gasteiger partial charge on any atom is 0.281 e. The molecule has 2 N–H and O–H groups in total.